The fourth-order valence-electron chi connectivity index (χ4n) is 3.55. The quantitative estimate of drug-likeness (QED) is 0.602. The predicted molar refractivity (Wildman–Crippen MR) is 110 cm³/mol. The third kappa shape index (κ3) is 4.32. The minimum absolute atomic E-state index is 0.186. The van der Waals surface area contributed by atoms with Gasteiger partial charge in [0.1, 0.15) is 5.60 Å². The van der Waals surface area contributed by atoms with Crippen LogP contribution in [0, 0.1) is 0 Å². The van der Waals surface area contributed by atoms with Gasteiger partial charge in [-0.15, -0.1) is 0 Å². The number of carbonyl (C=O) groups is 1. The zero-order chi connectivity index (χ0) is 21.4. The highest BCUT2D eigenvalue weighted by Crippen LogP contribution is 2.36. The van der Waals surface area contributed by atoms with Crippen molar-refractivity contribution in [2.75, 3.05) is 18.4 Å². The number of hydroxylamine groups is 1. The first-order chi connectivity index (χ1) is 14.3. The van der Waals surface area contributed by atoms with Crippen molar-refractivity contribution in [1.82, 2.24) is 10.4 Å². The number of nitrogens with zero attached hydrogens (tertiary/aromatic N) is 1. The summed E-state index contributed by atoms with van der Waals surface area (Å²) in [7, 11) is 0. The van der Waals surface area contributed by atoms with Crippen molar-refractivity contribution < 1.29 is 22.8 Å². The first kappa shape index (κ1) is 20.7. The van der Waals surface area contributed by atoms with E-state index in [-0.39, 0.29) is 6.03 Å². The number of hydrogen-bond donors (Lipinski definition) is 2. The number of amides is 2. The Hall–Kier alpha value is -2.52. The van der Waals surface area contributed by atoms with Crippen LogP contribution in [0.3, 0.4) is 0 Å². The highest BCUT2D eigenvalue weighted by molar-refractivity contribution is 9.10. The Labute approximate surface area is 180 Å². The average molecular weight is 482 g/mol. The van der Waals surface area contributed by atoms with Crippen molar-refractivity contribution >= 4 is 33.3 Å². The van der Waals surface area contributed by atoms with Gasteiger partial charge in [0.05, 0.1) is 16.9 Å². The largest absolute Gasteiger partial charge is 0.416 e. The molecule has 5 nitrogen and oxygen atoms in total. The van der Waals surface area contributed by atoms with Crippen molar-refractivity contribution in [3.8, 4) is 0 Å². The summed E-state index contributed by atoms with van der Waals surface area (Å²) >= 11 is 3.41. The lowest BCUT2D eigenvalue weighted by Crippen LogP contribution is -2.48. The van der Waals surface area contributed by atoms with Crippen molar-refractivity contribution in [3.05, 3.63) is 70.2 Å². The number of alkyl halides is 3. The lowest BCUT2D eigenvalue weighted by molar-refractivity contribution is -0.137. The molecule has 30 heavy (non-hydrogen) atoms. The first-order valence-electron chi connectivity index (χ1n) is 9.41. The molecule has 0 saturated carbocycles. The number of benzene rings is 2. The van der Waals surface area contributed by atoms with Gasteiger partial charge in [-0.2, -0.15) is 13.2 Å². The van der Waals surface area contributed by atoms with Crippen LogP contribution in [0.2, 0.25) is 0 Å². The zero-order valence-electron chi connectivity index (χ0n) is 15.8. The maximum Gasteiger partial charge on any atom is 0.416 e. The van der Waals surface area contributed by atoms with Crippen molar-refractivity contribution in [3.63, 3.8) is 0 Å². The zero-order valence-corrected chi connectivity index (χ0v) is 17.4. The van der Waals surface area contributed by atoms with Gasteiger partial charge in [0.15, 0.2) is 0 Å². The van der Waals surface area contributed by atoms with Crippen molar-refractivity contribution in [2.45, 2.75) is 24.6 Å². The molecule has 1 spiro atoms. The van der Waals surface area contributed by atoms with Crippen LogP contribution in [0.15, 0.2) is 59.1 Å². The summed E-state index contributed by atoms with van der Waals surface area (Å²) < 4.78 is 39.1. The Balaban J connectivity index is 1.39. The number of hydrogen-bond acceptors (Lipinski definition) is 3. The number of anilines is 1. The van der Waals surface area contributed by atoms with Crippen LogP contribution in [0.4, 0.5) is 23.7 Å². The fraction of sp³-hybridized carbons (Fsp3) is 0.286. The highest BCUT2D eigenvalue weighted by atomic mass is 79.9. The normalized spacial score (nSPS) is 18.1. The minimum Gasteiger partial charge on any atom is -0.324 e. The number of piperidine rings is 1. The lowest BCUT2D eigenvalue weighted by Gasteiger charge is -2.36. The molecule has 2 heterocycles. The van der Waals surface area contributed by atoms with Crippen molar-refractivity contribution in [1.29, 1.82) is 0 Å². The topological polar surface area (TPSA) is 53.6 Å². The summed E-state index contributed by atoms with van der Waals surface area (Å²) in [6.07, 6.45) is -1.31. The summed E-state index contributed by atoms with van der Waals surface area (Å²) in [6, 6.07) is 12.1. The molecule has 0 unspecified atom stereocenters. The first-order valence-corrected chi connectivity index (χ1v) is 10.2. The van der Waals surface area contributed by atoms with Gasteiger partial charge in [-0.25, -0.2) is 4.79 Å². The second-order valence-corrected chi connectivity index (χ2v) is 8.15. The van der Waals surface area contributed by atoms with Crippen LogP contribution in [-0.4, -0.2) is 29.6 Å². The molecule has 9 heteroatoms. The smallest absolute Gasteiger partial charge is 0.324 e. The summed E-state index contributed by atoms with van der Waals surface area (Å²) in [5, 5.41) is 2.89. The molecule has 2 aromatic carbocycles. The van der Waals surface area contributed by atoms with E-state index in [0.29, 0.717) is 42.9 Å². The van der Waals surface area contributed by atoms with E-state index in [4.69, 9.17) is 4.84 Å². The number of halogens is 4. The molecular weight excluding hydrogens is 463 g/mol. The molecule has 2 aliphatic rings. The van der Waals surface area contributed by atoms with E-state index in [9.17, 15) is 18.0 Å². The molecule has 2 N–H and O–H groups in total. The molecular formula is C21H19BrF3N3O2. The number of likely N-dealkylation sites (tertiary alicyclic amines) is 1. The van der Waals surface area contributed by atoms with Gasteiger partial charge in [0.25, 0.3) is 0 Å². The molecule has 0 aliphatic carbocycles. The van der Waals surface area contributed by atoms with Gasteiger partial charge in [-0.05, 0) is 51.8 Å². The van der Waals surface area contributed by atoms with Gasteiger partial charge in [-0.1, -0.05) is 24.3 Å². The van der Waals surface area contributed by atoms with Gasteiger partial charge < -0.3 is 10.2 Å². The Kier molecular flexibility index (Phi) is 5.50. The standard InChI is InChI=1S/C21H19BrF3N3O2/c22-16-3-1-2-4-17(16)26-19(29)28-11-9-20(10-12-28)13-18(27-30-20)14-5-7-15(8-6-14)21(23,24)25/h1-8,13,27H,9-12H2,(H,26,29). The van der Waals surface area contributed by atoms with E-state index in [1.807, 2.05) is 30.3 Å². The summed E-state index contributed by atoms with van der Waals surface area (Å²) in [5.41, 5.74) is 3.52. The second kappa shape index (κ2) is 7.96. The van der Waals surface area contributed by atoms with E-state index in [1.54, 1.807) is 4.90 Å². The highest BCUT2D eigenvalue weighted by Gasteiger charge is 2.40. The van der Waals surface area contributed by atoms with E-state index in [0.717, 1.165) is 16.6 Å². The molecule has 2 aliphatic heterocycles. The monoisotopic (exact) mass is 481 g/mol. The van der Waals surface area contributed by atoms with Crippen LogP contribution in [0.25, 0.3) is 5.70 Å². The number of rotatable bonds is 2. The molecule has 0 radical (unpaired) electrons. The molecule has 158 valence electrons. The Morgan fingerprint density at radius 1 is 1.10 bits per heavy atom. The molecule has 1 saturated heterocycles. The van der Waals surface area contributed by atoms with Gasteiger partial charge in [0.2, 0.25) is 0 Å². The van der Waals surface area contributed by atoms with Gasteiger partial charge in [-0.3, -0.25) is 10.3 Å². The van der Waals surface area contributed by atoms with Crippen LogP contribution in [0.1, 0.15) is 24.0 Å². The van der Waals surface area contributed by atoms with Crippen LogP contribution in [0.5, 0.6) is 0 Å². The van der Waals surface area contributed by atoms with Crippen LogP contribution >= 0.6 is 15.9 Å². The molecule has 0 atom stereocenters. The minimum atomic E-state index is -4.36. The lowest BCUT2D eigenvalue weighted by atomic mass is 9.90. The third-order valence-electron chi connectivity index (χ3n) is 5.31. The molecule has 4 rings (SSSR count). The van der Waals surface area contributed by atoms with Crippen LogP contribution in [-0.2, 0) is 11.0 Å². The van der Waals surface area contributed by atoms with E-state index in [1.165, 1.54) is 12.1 Å². The van der Waals surface area contributed by atoms with E-state index >= 15 is 0 Å². The fourth-order valence-corrected chi connectivity index (χ4v) is 3.94. The molecule has 0 bridgehead atoms. The third-order valence-corrected chi connectivity index (χ3v) is 6.00. The number of carbonyl (C=O) groups excluding carboxylic acids is 1. The maximum atomic E-state index is 12.7. The van der Waals surface area contributed by atoms with Gasteiger partial charge in [0, 0.05) is 30.4 Å². The Morgan fingerprint density at radius 2 is 1.77 bits per heavy atom. The van der Waals surface area contributed by atoms with Crippen molar-refractivity contribution in [2.24, 2.45) is 0 Å². The summed E-state index contributed by atoms with van der Waals surface area (Å²) in [6.45, 7) is 0.990. The Morgan fingerprint density at radius 3 is 2.40 bits per heavy atom. The van der Waals surface area contributed by atoms with E-state index < -0.39 is 17.3 Å². The van der Waals surface area contributed by atoms with E-state index in [2.05, 4.69) is 26.7 Å². The maximum absolute atomic E-state index is 12.7. The predicted octanol–water partition coefficient (Wildman–Crippen LogP) is 5.41. The summed E-state index contributed by atoms with van der Waals surface area (Å²) in [5.74, 6) is 0. The molecule has 0 aromatic heterocycles. The number of para-hydroxylation sites is 1. The number of urea groups is 1. The molecule has 1 fully saturated rings. The molecule has 2 aromatic rings. The van der Waals surface area contributed by atoms with Crippen LogP contribution < -0.4 is 10.8 Å². The Bertz CT molecular complexity index is 968. The summed E-state index contributed by atoms with van der Waals surface area (Å²) in [4.78, 5) is 20.1. The number of nitrogens with one attached hydrogen (secondary N) is 2. The average Bonchev–Trinajstić information content (AvgIpc) is 3.13. The SMILES string of the molecule is O=C(Nc1ccccc1Br)N1CCC2(C=C(c3ccc(C(F)(F)F)cc3)NO2)CC1. The van der Waals surface area contributed by atoms with Gasteiger partial charge >= 0.3 is 12.2 Å². The molecule has 2 amide bonds. The second-order valence-electron chi connectivity index (χ2n) is 7.30.